The van der Waals surface area contributed by atoms with Gasteiger partial charge in [0.25, 0.3) is 0 Å². The average Bonchev–Trinajstić information content (AvgIpc) is 2.43. The maximum atomic E-state index is 5.90. The number of nitrogens with two attached hydrogens (primary N) is 1. The summed E-state index contributed by atoms with van der Waals surface area (Å²) in [5.41, 5.74) is 5.53. The molecule has 1 aromatic carbocycles. The van der Waals surface area contributed by atoms with Crippen LogP contribution in [0.1, 0.15) is 30.1 Å². The lowest BCUT2D eigenvalue weighted by atomic mass is 9.91. The Morgan fingerprint density at radius 3 is 3.11 bits per heavy atom. The zero-order valence-corrected chi connectivity index (χ0v) is 10.9. The predicted molar refractivity (Wildman–Crippen MR) is 71.1 cm³/mol. The van der Waals surface area contributed by atoms with Crippen LogP contribution in [-0.2, 0) is 15.9 Å². The van der Waals surface area contributed by atoms with Gasteiger partial charge in [-0.05, 0) is 30.4 Å². The van der Waals surface area contributed by atoms with Gasteiger partial charge in [-0.1, -0.05) is 24.3 Å². The molecule has 100 valence electrons. The van der Waals surface area contributed by atoms with E-state index in [1.54, 1.807) is 7.11 Å². The van der Waals surface area contributed by atoms with Crippen molar-refractivity contribution in [2.45, 2.75) is 31.4 Å². The van der Waals surface area contributed by atoms with Gasteiger partial charge in [0, 0.05) is 13.7 Å². The maximum absolute atomic E-state index is 5.90. The Morgan fingerprint density at radius 1 is 1.50 bits per heavy atom. The van der Waals surface area contributed by atoms with Gasteiger partial charge in [-0.15, -0.1) is 0 Å². The van der Waals surface area contributed by atoms with Crippen molar-refractivity contribution in [2.24, 2.45) is 5.84 Å². The Hall–Kier alpha value is -0.940. The van der Waals surface area contributed by atoms with Gasteiger partial charge in [-0.25, -0.2) is 0 Å². The summed E-state index contributed by atoms with van der Waals surface area (Å²) in [6.07, 6.45) is 2.97. The molecule has 1 aromatic rings. The molecule has 0 spiro atoms. The SMILES string of the molecule is COCCCC(NN)C1OCCc2ccccc21. The molecule has 1 aliphatic heterocycles. The molecular formula is C14H22N2O2. The summed E-state index contributed by atoms with van der Waals surface area (Å²) >= 11 is 0. The van der Waals surface area contributed by atoms with E-state index in [2.05, 4.69) is 29.7 Å². The molecule has 2 unspecified atom stereocenters. The number of hydrogen-bond donors (Lipinski definition) is 2. The first-order valence-corrected chi connectivity index (χ1v) is 6.51. The van der Waals surface area contributed by atoms with Crippen LogP contribution in [0.15, 0.2) is 24.3 Å². The quantitative estimate of drug-likeness (QED) is 0.457. The van der Waals surface area contributed by atoms with Crippen LogP contribution in [0.25, 0.3) is 0 Å². The molecule has 0 amide bonds. The van der Waals surface area contributed by atoms with Crippen LogP contribution in [-0.4, -0.2) is 26.4 Å². The molecule has 18 heavy (non-hydrogen) atoms. The summed E-state index contributed by atoms with van der Waals surface area (Å²) in [4.78, 5) is 0. The van der Waals surface area contributed by atoms with Crippen LogP contribution in [0, 0.1) is 0 Å². The highest BCUT2D eigenvalue weighted by Crippen LogP contribution is 2.30. The number of fused-ring (bicyclic) bond motifs is 1. The molecule has 0 aliphatic carbocycles. The van der Waals surface area contributed by atoms with E-state index in [-0.39, 0.29) is 12.1 Å². The highest BCUT2D eigenvalue weighted by atomic mass is 16.5. The normalized spacial score (nSPS) is 20.4. The zero-order valence-electron chi connectivity index (χ0n) is 10.9. The lowest BCUT2D eigenvalue weighted by Crippen LogP contribution is -2.42. The third-order valence-electron chi connectivity index (χ3n) is 3.47. The van der Waals surface area contributed by atoms with E-state index < -0.39 is 0 Å². The van der Waals surface area contributed by atoms with E-state index in [4.69, 9.17) is 15.3 Å². The first kappa shape index (κ1) is 13.5. The van der Waals surface area contributed by atoms with Gasteiger partial charge in [0.15, 0.2) is 0 Å². The van der Waals surface area contributed by atoms with Gasteiger partial charge in [0.05, 0.1) is 18.8 Å². The molecule has 1 heterocycles. The van der Waals surface area contributed by atoms with Gasteiger partial charge in [0.2, 0.25) is 0 Å². The Morgan fingerprint density at radius 2 is 2.33 bits per heavy atom. The largest absolute Gasteiger partial charge is 0.385 e. The number of ether oxygens (including phenoxy) is 2. The summed E-state index contributed by atoms with van der Waals surface area (Å²) in [5.74, 6) is 5.67. The molecule has 0 bridgehead atoms. The summed E-state index contributed by atoms with van der Waals surface area (Å²) in [7, 11) is 1.72. The number of hydrogen-bond acceptors (Lipinski definition) is 4. The van der Waals surface area contributed by atoms with E-state index in [1.807, 2.05) is 0 Å². The molecule has 4 heteroatoms. The number of hydrazine groups is 1. The summed E-state index contributed by atoms with van der Waals surface area (Å²) < 4.78 is 11.0. The van der Waals surface area contributed by atoms with Crippen LogP contribution in [0.5, 0.6) is 0 Å². The molecule has 0 radical (unpaired) electrons. The number of methoxy groups -OCH3 is 1. The number of nitrogens with one attached hydrogen (secondary N) is 1. The second kappa shape index (κ2) is 6.85. The van der Waals surface area contributed by atoms with Gasteiger partial charge < -0.3 is 9.47 Å². The van der Waals surface area contributed by atoms with Crippen molar-refractivity contribution in [3.63, 3.8) is 0 Å². The van der Waals surface area contributed by atoms with Crippen molar-refractivity contribution in [3.05, 3.63) is 35.4 Å². The summed E-state index contributed by atoms with van der Waals surface area (Å²) in [6.45, 7) is 1.52. The minimum Gasteiger partial charge on any atom is -0.385 e. The fourth-order valence-electron chi connectivity index (χ4n) is 2.53. The molecule has 2 atom stereocenters. The minimum atomic E-state index is 0.0526. The third kappa shape index (κ3) is 3.09. The van der Waals surface area contributed by atoms with E-state index in [0.29, 0.717) is 0 Å². The van der Waals surface area contributed by atoms with Gasteiger partial charge in [-0.3, -0.25) is 11.3 Å². The lowest BCUT2D eigenvalue weighted by molar-refractivity contribution is 0.0112. The van der Waals surface area contributed by atoms with Gasteiger partial charge in [0.1, 0.15) is 0 Å². The highest BCUT2D eigenvalue weighted by molar-refractivity contribution is 5.31. The second-order valence-corrected chi connectivity index (χ2v) is 4.65. The van der Waals surface area contributed by atoms with Crippen molar-refractivity contribution in [1.29, 1.82) is 0 Å². The van der Waals surface area contributed by atoms with Crippen molar-refractivity contribution in [1.82, 2.24) is 5.43 Å². The minimum absolute atomic E-state index is 0.0526. The number of rotatable bonds is 6. The highest BCUT2D eigenvalue weighted by Gasteiger charge is 2.27. The molecule has 0 saturated carbocycles. The zero-order chi connectivity index (χ0) is 12.8. The fourth-order valence-corrected chi connectivity index (χ4v) is 2.53. The van der Waals surface area contributed by atoms with Crippen LogP contribution in [0.2, 0.25) is 0 Å². The Bertz CT molecular complexity index is 371. The third-order valence-corrected chi connectivity index (χ3v) is 3.47. The van der Waals surface area contributed by atoms with E-state index in [1.165, 1.54) is 11.1 Å². The molecule has 4 nitrogen and oxygen atoms in total. The van der Waals surface area contributed by atoms with Crippen LogP contribution in [0.4, 0.5) is 0 Å². The second-order valence-electron chi connectivity index (χ2n) is 4.65. The first-order valence-electron chi connectivity index (χ1n) is 6.51. The lowest BCUT2D eigenvalue weighted by Gasteiger charge is -2.32. The Balaban J connectivity index is 2.07. The Labute approximate surface area is 108 Å². The van der Waals surface area contributed by atoms with Crippen LogP contribution >= 0.6 is 0 Å². The molecule has 3 N–H and O–H groups in total. The predicted octanol–water partition coefficient (Wildman–Crippen LogP) is 1.56. The molecule has 0 fully saturated rings. The number of benzene rings is 1. The van der Waals surface area contributed by atoms with Crippen LogP contribution in [0.3, 0.4) is 0 Å². The first-order chi connectivity index (χ1) is 8.86. The molecule has 0 aromatic heterocycles. The smallest absolute Gasteiger partial charge is 0.0994 e. The maximum Gasteiger partial charge on any atom is 0.0994 e. The Kier molecular flexibility index (Phi) is 5.13. The van der Waals surface area contributed by atoms with Crippen molar-refractivity contribution in [3.8, 4) is 0 Å². The van der Waals surface area contributed by atoms with Crippen molar-refractivity contribution in [2.75, 3.05) is 20.3 Å². The van der Waals surface area contributed by atoms with Gasteiger partial charge >= 0.3 is 0 Å². The topological polar surface area (TPSA) is 56.5 Å². The monoisotopic (exact) mass is 250 g/mol. The molecule has 0 saturated heterocycles. The summed E-state index contributed by atoms with van der Waals surface area (Å²) in [5, 5.41) is 0. The van der Waals surface area contributed by atoms with Gasteiger partial charge in [-0.2, -0.15) is 0 Å². The average molecular weight is 250 g/mol. The van der Waals surface area contributed by atoms with E-state index in [9.17, 15) is 0 Å². The van der Waals surface area contributed by atoms with Crippen LogP contribution < -0.4 is 11.3 Å². The van der Waals surface area contributed by atoms with E-state index in [0.717, 1.165) is 32.5 Å². The standard InChI is InChI=1S/C14H22N2O2/c1-17-9-4-7-13(16-15)14-12-6-3-2-5-11(12)8-10-18-14/h2-3,5-6,13-14,16H,4,7-10,15H2,1H3. The fraction of sp³-hybridized carbons (Fsp3) is 0.571. The van der Waals surface area contributed by atoms with Crippen molar-refractivity contribution < 1.29 is 9.47 Å². The molecule has 2 rings (SSSR count). The van der Waals surface area contributed by atoms with Crippen molar-refractivity contribution >= 4 is 0 Å². The molecule has 1 aliphatic rings. The van der Waals surface area contributed by atoms with E-state index >= 15 is 0 Å². The molecular weight excluding hydrogens is 228 g/mol. The summed E-state index contributed by atoms with van der Waals surface area (Å²) in [6, 6.07) is 8.59.